The van der Waals surface area contributed by atoms with E-state index >= 15 is 0 Å². The van der Waals surface area contributed by atoms with Crippen LogP contribution in [0.25, 0.3) is 0 Å². The first kappa shape index (κ1) is 14.7. The van der Waals surface area contributed by atoms with Crippen molar-refractivity contribution in [3.8, 4) is 0 Å². The zero-order valence-electron chi connectivity index (χ0n) is 12.7. The van der Waals surface area contributed by atoms with Crippen molar-refractivity contribution in [2.75, 3.05) is 6.54 Å². The molecule has 2 nitrogen and oxygen atoms in total. The number of benzene rings is 1. The standard InChI is InChI=1S/C18H24N2/c1-4-7-15-9-11-16(12-10-15)18(19-5-2)17-14(3)8-6-13-20-17/h6,8-13,18-19H,4-5,7H2,1-3H3. The van der Waals surface area contributed by atoms with Crippen LogP contribution in [0.5, 0.6) is 0 Å². The minimum atomic E-state index is 0.178. The van der Waals surface area contributed by atoms with Gasteiger partial charge in [-0.15, -0.1) is 0 Å². The van der Waals surface area contributed by atoms with Gasteiger partial charge in [0.2, 0.25) is 0 Å². The van der Waals surface area contributed by atoms with Crippen LogP contribution in [-0.4, -0.2) is 11.5 Å². The molecule has 0 aliphatic carbocycles. The summed E-state index contributed by atoms with van der Waals surface area (Å²) in [6.45, 7) is 7.40. The van der Waals surface area contributed by atoms with Crippen molar-refractivity contribution in [1.82, 2.24) is 10.3 Å². The lowest BCUT2D eigenvalue weighted by Gasteiger charge is -2.20. The lowest BCUT2D eigenvalue weighted by molar-refractivity contribution is 0.612. The summed E-state index contributed by atoms with van der Waals surface area (Å²) in [4.78, 5) is 4.57. The van der Waals surface area contributed by atoms with Crippen LogP contribution in [0.15, 0.2) is 42.6 Å². The summed E-state index contributed by atoms with van der Waals surface area (Å²) in [6, 6.07) is 13.2. The van der Waals surface area contributed by atoms with Gasteiger partial charge >= 0.3 is 0 Å². The molecule has 0 fully saturated rings. The SMILES string of the molecule is CCCc1ccc(C(NCC)c2ncccc2C)cc1. The molecule has 0 bridgehead atoms. The Morgan fingerprint density at radius 1 is 1.10 bits per heavy atom. The smallest absolute Gasteiger partial charge is 0.0754 e. The lowest BCUT2D eigenvalue weighted by Crippen LogP contribution is -2.23. The normalized spacial score (nSPS) is 12.3. The number of aryl methyl sites for hydroxylation is 2. The van der Waals surface area contributed by atoms with Crippen LogP contribution in [0.1, 0.15) is 48.7 Å². The Labute approximate surface area is 122 Å². The van der Waals surface area contributed by atoms with E-state index < -0.39 is 0 Å². The number of hydrogen-bond acceptors (Lipinski definition) is 2. The summed E-state index contributed by atoms with van der Waals surface area (Å²) < 4.78 is 0. The van der Waals surface area contributed by atoms with Crippen LogP contribution in [0, 0.1) is 6.92 Å². The molecule has 2 aromatic rings. The van der Waals surface area contributed by atoms with Crippen LogP contribution in [-0.2, 0) is 6.42 Å². The summed E-state index contributed by atoms with van der Waals surface area (Å²) >= 11 is 0. The third kappa shape index (κ3) is 3.45. The molecule has 0 saturated carbocycles. The molecule has 0 amide bonds. The van der Waals surface area contributed by atoms with E-state index in [-0.39, 0.29) is 6.04 Å². The average molecular weight is 268 g/mol. The van der Waals surface area contributed by atoms with E-state index in [1.807, 2.05) is 12.3 Å². The fourth-order valence-corrected chi connectivity index (χ4v) is 2.54. The topological polar surface area (TPSA) is 24.9 Å². The number of nitrogens with one attached hydrogen (secondary N) is 1. The fraction of sp³-hybridized carbons (Fsp3) is 0.389. The predicted octanol–water partition coefficient (Wildman–Crippen LogP) is 4.04. The van der Waals surface area contributed by atoms with Crippen LogP contribution < -0.4 is 5.32 Å². The monoisotopic (exact) mass is 268 g/mol. The zero-order chi connectivity index (χ0) is 14.4. The van der Waals surface area contributed by atoms with Gasteiger partial charge in [-0.3, -0.25) is 4.98 Å². The van der Waals surface area contributed by atoms with E-state index in [1.54, 1.807) is 0 Å². The Morgan fingerprint density at radius 2 is 1.85 bits per heavy atom. The molecule has 1 N–H and O–H groups in total. The number of rotatable bonds is 6. The third-order valence-electron chi connectivity index (χ3n) is 3.58. The molecule has 0 saturated heterocycles. The summed E-state index contributed by atoms with van der Waals surface area (Å²) in [7, 11) is 0. The number of pyridine rings is 1. The highest BCUT2D eigenvalue weighted by Crippen LogP contribution is 2.23. The molecule has 1 unspecified atom stereocenters. The Hall–Kier alpha value is -1.67. The number of nitrogens with zero attached hydrogens (tertiary/aromatic N) is 1. The molecule has 1 heterocycles. The third-order valence-corrected chi connectivity index (χ3v) is 3.58. The van der Waals surface area contributed by atoms with Gasteiger partial charge in [0, 0.05) is 6.20 Å². The van der Waals surface area contributed by atoms with E-state index in [1.165, 1.54) is 23.1 Å². The summed E-state index contributed by atoms with van der Waals surface area (Å²) in [6.07, 6.45) is 4.21. The van der Waals surface area contributed by atoms with Gasteiger partial charge in [0.05, 0.1) is 11.7 Å². The molecule has 0 aliphatic rings. The van der Waals surface area contributed by atoms with Crippen molar-refractivity contribution in [3.05, 3.63) is 65.0 Å². The summed E-state index contributed by atoms with van der Waals surface area (Å²) in [5, 5.41) is 3.54. The van der Waals surface area contributed by atoms with Crippen LogP contribution in [0.2, 0.25) is 0 Å². The second kappa shape index (κ2) is 7.20. The maximum atomic E-state index is 4.57. The Balaban J connectivity index is 2.31. The highest BCUT2D eigenvalue weighted by Gasteiger charge is 2.16. The van der Waals surface area contributed by atoms with Gasteiger partial charge in [-0.1, -0.05) is 50.6 Å². The van der Waals surface area contributed by atoms with Crippen LogP contribution in [0.4, 0.5) is 0 Å². The summed E-state index contributed by atoms with van der Waals surface area (Å²) in [5.74, 6) is 0. The van der Waals surface area contributed by atoms with E-state index in [0.29, 0.717) is 0 Å². The zero-order valence-corrected chi connectivity index (χ0v) is 12.7. The molecule has 1 aromatic carbocycles. The van der Waals surface area contributed by atoms with Crippen molar-refractivity contribution in [2.45, 2.75) is 39.7 Å². The second-order valence-corrected chi connectivity index (χ2v) is 5.19. The van der Waals surface area contributed by atoms with Crippen LogP contribution >= 0.6 is 0 Å². The maximum Gasteiger partial charge on any atom is 0.0754 e. The predicted molar refractivity (Wildman–Crippen MR) is 84.9 cm³/mol. The second-order valence-electron chi connectivity index (χ2n) is 5.19. The van der Waals surface area contributed by atoms with Crippen molar-refractivity contribution in [3.63, 3.8) is 0 Å². The van der Waals surface area contributed by atoms with E-state index in [0.717, 1.165) is 18.7 Å². The fourth-order valence-electron chi connectivity index (χ4n) is 2.54. The Bertz CT molecular complexity index is 531. The Kier molecular flexibility index (Phi) is 5.31. The molecule has 1 aromatic heterocycles. The molecule has 1 atom stereocenters. The average Bonchev–Trinajstić information content (AvgIpc) is 2.47. The van der Waals surface area contributed by atoms with Crippen molar-refractivity contribution < 1.29 is 0 Å². The first-order valence-corrected chi connectivity index (χ1v) is 7.50. The number of aromatic nitrogens is 1. The van der Waals surface area contributed by atoms with Crippen LogP contribution in [0.3, 0.4) is 0 Å². The van der Waals surface area contributed by atoms with Gasteiger partial charge in [-0.05, 0) is 42.6 Å². The summed E-state index contributed by atoms with van der Waals surface area (Å²) in [5.41, 5.74) is 5.05. The van der Waals surface area contributed by atoms with Gasteiger partial charge in [0.25, 0.3) is 0 Å². The molecule has 0 aliphatic heterocycles. The molecule has 0 spiro atoms. The molecule has 20 heavy (non-hydrogen) atoms. The van der Waals surface area contributed by atoms with E-state index in [2.05, 4.69) is 61.4 Å². The van der Waals surface area contributed by atoms with Gasteiger partial charge < -0.3 is 5.32 Å². The minimum Gasteiger partial charge on any atom is -0.305 e. The molecular weight excluding hydrogens is 244 g/mol. The highest BCUT2D eigenvalue weighted by atomic mass is 14.9. The van der Waals surface area contributed by atoms with Crippen molar-refractivity contribution in [2.24, 2.45) is 0 Å². The highest BCUT2D eigenvalue weighted by molar-refractivity contribution is 5.33. The van der Waals surface area contributed by atoms with E-state index in [9.17, 15) is 0 Å². The lowest BCUT2D eigenvalue weighted by atomic mass is 9.98. The quantitative estimate of drug-likeness (QED) is 0.855. The van der Waals surface area contributed by atoms with E-state index in [4.69, 9.17) is 0 Å². The van der Waals surface area contributed by atoms with Gasteiger partial charge in [-0.25, -0.2) is 0 Å². The van der Waals surface area contributed by atoms with Gasteiger partial charge in [-0.2, -0.15) is 0 Å². The van der Waals surface area contributed by atoms with Gasteiger partial charge in [0.1, 0.15) is 0 Å². The van der Waals surface area contributed by atoms with Crippen molar-refractivity contribution in [1.29, 1.82) is 0 Å². The largest absolute Gasteiger partial charge is 0.305 e. The molecule has 106 valence electrons. The van der Waals surface area contributed by atoms with Crippen molar-refractivity contribution >= 4 is 0 Å². The molecule has 0 radical (unpaired) electrons. The number of hydrogen-bond donors (Lipinski definition) is 1. The first-order valence-electron chi connectivity index (χ1n) is 7.50. The first-order chi connectivity index (χ1) is 9.76. The maximum absolute atomic E-state index is 4.57. The molecule has 2 heteroatoms. The van der Waals surface area contributed by atoms with Gasteiger partial charge in [0.15, 0.2) is 0 Å². The molecular formula is C18H24N2. The minimum absolute atomic E-state index is 0.178. The Morgan fingerprint density at radius 3 is 2.45 bits per heavy atom. The molecule has 2 rings (SSSR count).